The number of carboxylic acid groups (broad SMARTS) is 1. The monoisotopic (exact) mass is 711 g/mol. The third-order valence-corrected chi connectivity index (χ3v) is 12.7. The Morgan fingerprint density at radius 3 is 2.56 bits per heavy atom. The topological polar surface area (TPSA) is 146 Å². The molecule has 2 aliphatic heterocycles. The van der Waals surface area contributed by atoms with Crippen molar-refractivity contribution in [2.75, 3.05) is 18.5 Å². The smallest absolute Gasteiger partial charge is 0.305 e. The van der Waals surface area contributed by atoms with Crippen LogP contribution in [0.4, 0.5) is 5.69 Å². The molecule has 1 aromatic heterocycles. The van der Waals surface area contributed by atoms with Crippen molar-refractivity contribution in [1.29, 1.82) is 0 Å². The second-order valence-corrected chi connectivity index (χ2v) is 15.3. The molecule has 2 aromatic carbocycles. The lowest BCUT2D eigenvalue weighted by Crippen LogP contribution is -2.42. The molecule has 6 unspecified atom stereocenters. The summed E-state index contributed by atoms with van der Waals surface area (Å²) in [6.45, 7) is 1.86. The number of likely N-dealkylation sites (tertiary alicyclic amines) is 1. The van der Waals surface area contributed by atoms with Crippen molar-refractivity contribution in [2.24, 2.45) is 29.6 Å². The van der Waals surface area contributed by atoms with Crippen LogP contribution in [0.2, 0.25) is 0 Å². The van der Waals surface area contributed by atoms with E-state index in [1.807, 2.05) is 49.4 Å². The van der Waals surface area contributed by atoms with Gasteiger partial charge in [-0.2, -0.15) is 0 Å². The lowest BCUT2D eigenvalue weighted by molar-refractivity contribution is -0.142. The number of aromatic amines is 1. The number of thiazole rings is 1. The van der Waals surface area contributed by atoms with Gasteiger partial charge in [-0.1, -0.05) is 45.0 Å². The first-order chi connectivity index (χ1) is 21.6. The zero-order chi connectivity index (χ0) is 31.6. The summed E-state index contributed by atoms with van der Waals surface area (Å²) in [5, 5.41) is 12.7. The maximum Gasteiger partial charge on any atom is 0.305 e. The van der Waals surface area contributed by atoms with Gasteiger partial charge in [0.1, 0.15) is 5.75 Å². The lowest BCUT2D eigenvalue weighted by Gasteiger charge is -2.43. The molecule has 234 valence electrons. The van der Waals surface area contributed by atoms with Crippen LogP contribution in [0.5, 0.6) is 5.75 Å². The van der Waals surface area contributed by atoms with Crippen LogP contribution in [-0.2, 0) is 19.2 Å². The fourth-order valence-electron chi connectivity index (χ4n) is 7.91. The minimum Gasteiger partial charge on any atom is -0.483 e. The summed E-state index contributed by atoms with van der Waals surface area (Å²) in [7, 11) is 0. The van der Waals surface area contributed by atoms with Gasteiger partial charge < -0.3 is 20.1 Å². The Labute approximate surface area is 275 Å². The largest absolute Gasteiger partial charge is 0.483 e. The van der Waals surface area contributed by atoms with Gasteiger partial charge in [0.25, 0.3) is 5.91 Å². The average Bonchev–Trinajstić information content (AvgIpc) is 3.73. The summed E-state index contributed by atoms with van der Waals surface area (Å²) >= 11 is 6.35. The Morgan fingerprint density at radius 1 is 1.09 bits per heavy atom. The molecule has 3 N–H and O–H groups in total. The van der Waals surface area contributed by atoms with Crippen LogP contribution in [0.15, 0.2) is 56.8 Å². The first kappa shape index (κ1) is 30.2. The number of benzene rings is 2. The number of ether oxygens (including phenoxy) is 1. The van der Waals surface area contributed by atoms with E-state index in [0.717, 1.165) is 43.3 Å². The van der Waals surface area contributed by atoms with E-state index in [4.69, 9.17) is 9.84 Å². The molecular formula is C32H30BrN3O7S2. The molecule has 3 fully saturated rings. The number of thioether (sulfide) groups is 1. The van der Waals surface area contributed by atoms with Gasteiger partial charge in [-0.15, -0.1) is 11.8 Å². The van der Waals surface area contributed by atoms with Gasteiger partial charge in [-0.3, -0.25) is 28.9 Å². The number of H-pyrrole nitrogens is 1. The predicted molar refractivity (Wildman–Crippen MR) is 172 cm³/mol. The predicted octanol–water partition coefficient (Wildman–Crippen LogP) is 4.86. The third kappa shape index (κ3) is 5.32. The van der Waals surface area contributed by atoms with Gasteiger partial charge >= 0.3 is 10.8 Å². The minimum atomic E-state index is -0.959. The van der Waals surface area contributed by atoms with Gasteiger partial charge in [-0.25, -0.2) is 0 Å². The number of carbonyl (C=O) groups is 4. The molecule has 13 heteroatoms. The van der Waals surface area contributed by atoms with Crippen molar-refractivity contribution >= 4 is 68.4 Å². The zero-order valence-electron chi connectivity index (χ0n) is 24.2. The maximum absolute atomic E-state index is 13.7. The molecule has 3 heterocycles. The number of fused-ring (bicyclic) bond motifs is 9. The van der Waals surface area contributed by atoms with Gasteiger partial charge in [0.15, 0.2) is 6.61 Å². The van der Waals surface area contributed by atoms with Crippen molar-refractivity contribution in [3.63, 3.8) is 0 Å². The van der Waals surface area contributed by atoms with Crippen molar-refractivity contribution in [2.45, 2.75) is 42.4 Å². The molecule has 3 aromatic rings. The van der Waals surface area contributed by atoms with Crippen molar-refractivity contribution < 1.29 is 29.0 Å². The van der Waals surface area contributed by atoms with Crippen molar-refractivity contribution in [3.8, 4) is 5.75 Å². The van der Waals surface area contributed by atoms with E-state index < -0.39 is 17.8 Å². The van der Waals surface area contributed by atoms with Crippen LogP contribution in [0.25, 0.3) is 0 Å². The first-order valence-corrected chi connectivity index (χ1v) is 17.3. The van der Waals surface area contributed by atoms with E-state index >= 15 is 0 Å². The summed E-state index contributed by atoms with van der Waals surface area (Å²) in [4.78, 5) is 68.9. The number of hydrogen-bond acceptors (Lipinski definition) is 8. The van der Waals surface area contributed by atoms with Crippen LogP contribution < -0.4 is 14.9 Å². The van der Waals surface area contributed by atoms with Crippen LogP contribution >= 0.6 is 39.0 Å². The Balaban J connectivity index is 1.20. The van der Waals surface area contributed by atoms with E-state index in [2.05, 4.69) is 26.2 Å². The molecule has 7 rings (SSSR count). The van der Waals surface area contributed by atoms with Gasteiger partial charge in [0.05, 0.1) is 16.9 Å². The van der Waals surface area contributed by atoms with E-state index in [-0.39, 0.29) is 77.5 Å². The number of nitrogens with one attached hydrogen (secondary N) is 2. The highest BCUT2D eigenvalue weighted by Crippen LogP contribution is 2.69. The maximum atomic E-state index is 13.7. The van der Waals surface area contributed by atoms with E-state index in [1.54, 1.807) is 11.8 Å². The summed E-state index contributed by atoms with van der Waals surface area (Å²) in [6.07, 6.45) is 0.849. The number of aromatic nitrogens is 1. The summed E-state index contributed by atoms with van der Waals surface area (Å²) in [6, 6.07) is 13.1. The van der Waals surface area contributed by atoms with E-state index in [9.17, 15) is 24.0 Å². The Morgan fingerprint density at radius 2 is 1.82 bits per heavy atom. The molecule has 3 amide bonds. The highest BCUT2D eigenvalue weighted by molar-refractivity contribution is 9.10. The SMILES string of the molecule is Cc1ccc(NC(=O)COc2ccc(Br)cc2[C@H]2c3sc(=O)[nH]c3SC3C4CC(C5C(=O)N(CCCC(=O)O)C(=O)C45)C32)cc1. The number of hydrogen-bond donors (Lipinski definition) is 3. The number of nitrogens with zero attached hydrogens (tertiary/aromatic N) is 1. The number of imide groups is 1. The van der Waals surface area contributed by atoms with Crippen LogP contribution in [0, 0.1) is 36.5 Å². The molecule has 0 radical (unpaired) electrons. The molecule has 4 aliphatic rings. The molecule has 2 saturated carbocycles. The Kier molecular flexibility index (Phi) is 7.89. The molecule has 45 heavy (non-hydrogen) atoms. The number of aliphatic carboxylic acids is 1. The minimum absolute atomic E-state index is 0.00797. The van der Waals surface area contributed by atoms with Gasteiger partial charge in [0, 0.05) is 44.7 Å². The number of halogens is 1. The third-order valence-electron chi connectivity index (χ3n) is 9.59. The molecule has 1 saturated heterocycles. The van der Waals surface area contributed by atoms with Crippen molar-refractivity contribution in [3.05, 3.63) is 72.6 Å². The summed E-state index contributed by atoms with van der Waals surface area (Å²) in [5.41, 5.74) is 2.57. The van der Waals surface area contributed by atoms with Crippen molar-refractivity contribution in [1.82, 2.24) is 9.88 Å². The van der Waals surface area contributed by atoms with Crippen LogP contribution in [-0.4, -0.2) is 57.1 Å². The summed E-state index contributed by atoms with van der Waals surface area (Å²) in [5.74, 6) is -2.54. The Hall–Kier alpha value is -3.42. The molecular weight excluding hydrogens is 682 g/mol. The number of carbonyl (C=O) groups excluding carboxylic acids is 3. The van der Waals surface area contributed by atoms with Gasteiger partial charge in [0.2, 0.25) is 11.8 Å². The fraction of sp³-hybridized carbons (Fsp3) is 0.406. The van der Waals surface area contributed by atoms with E-state index in [1.165, 1.54) is 4.90 Å². The molecule has 2 bridgehead atoms. The summed E-state index contributed by atoms with van der Waals surface area (Å²) < 4.78 is 6.97. The lowest BCUT2D eigenvalue weighted by atomic mass is 9.68. The average molecular weight is 713 g/mol. The van der Waals surface area contributed by atoms with Gasteiger partial charge in [-0.05, 0) is 67.9 Å². The first-order valence-electron chi connectivity index (χ1n) is 14.9. The standard InChI is InChI=1S/C32H30BrN3O7S2/c1-14-4-7-16(8-5-14)34-21(37)13-43-20-9-6-15(33)11-17(20)23-24-18-12-19(27(24)44-29-28(23)45-32(42)35-29)26-25(18)30(40)36(31(26)41)10-2-3-22(38)39/h4-9,11,18-19,23-27H,2-3,10,12-13H2,1H3,(H,34,37)(H,35,42)(H,38,39)/t18?,19?,23-,24?,25?,26?,27?/m1/s1. The van der Waals surface area contributed by atoms with E-state index in [0.29, 0.717) is 11.4 Å². The zero-order valence-corrected chi connectivity index (χ0v) is 27.4. The van der Waals surface area contributed by atoms with Crippen LogP contribution in [0.1, 0.15) is 41.2 Å². The fourth-order valence-corrected chi connectivity index (χ4v) is 11.2. The number of carboxylic acids is 1. The molecule has 2 aliphatic carbocycles. The highest BCUT2D eigenvalue weighted by atomic mass is 79.9. The molecule has 0 spiro atoms. The quantitative estimate of drug-likeness (QED) is 0.267. The normalized spacial score (nSPS) is 27.7. The second kappa shape index (κ2) is 11.7. The second-order valence-electron chi connectivity index (χ2n) is 12.2. The molecule has 10 nitrogen and oxygen atoms in total. The number of anilines is 1. The molecule has 7 atom stereocenters. The Bertz CT molecular complexity index is 1770. The van der Waals surface area contributed by atoms with Crippen LogP contribution in [0.3, 0.4) is 0 Å². The number of amides is 3. The highest BCUT2D eigenvalue weighted by Gasteiger charge is 2.69. The number of aryl methyl sites for hydroxylation is 1. The number of rotatable bonds is 9.